The number of unbranched alkanes of at least 4 members (excludes halogenated alkanes) is 8. The van der Waals surface area contributed by atoms with Crippen LogP contribution in [0.15, 0.2) is 18.3 Å². The second kappa shape index (κ2) is 11.3. The molecule has 3 heteroatoms. The number of nitrogens with one attached hydrogen (secondary N) is 1. The molecule has 0 saturated heterocycles. The summed E-state index contributed by atoms with van der Waals surface area (Å²) in [6.07, 6.45) is 13.8. The van der Waals surface area contributed by atoms with Crippen molar-refractivity contribution in [3.05, 3.63) is 23.9 Å². The van der Waals surface area contributed by atoms with E-state index in [2.05, 4.69) is 17.2 Å². The molecule has 0 aliphatic rings. The van der Waals surface area contributed by atoms with Crippen molar-refractivity contribution in [3.8, 4) is 0 Å². The maximum atomic E-state index is 11.8. The van der Waals surface area contributed by atoms with Crippen LogP contribution in [0.25, 0.3) is 0 Å². The number of hydrogen-bond donors (Lipinski definition) is 1. The molecule has 1 aromatic rings. The normalized spacial score (nSPS) is 10.6. The number of nitrogens with zero attached hydrogens (tertiary/aromatic N) is 1. The number of hydrogen-bond acceptors (Lipinski definition) is 2. The highest BCUT2D eigenvalue weighted by atomic mass is 16.1. The van der Waals surface area contributed by atoms with Gasteiger partial charge in [0.2, 0.25) is 5.91 Å². The molecule has 118 valence electrons. The largest absolute Gasteiger partial charge is 0.311 e. The Hall–Kier alpha value is -1.38. The van der Waals surface area contributed by atoms with E-state index in [-0.39, 0.29) is 5.91 Å². The van der Waals surface area contributed by atoms with Crippen LogP contribution in [-0.2, 0) is 4.79 Å². The highest BCUT2D eigenvalue weighted by molar-refractivity contribution is 5.89. The van der Waals surface area contributed by atoms with E-state index < -0.39 is 0 Å². The van der Waals surface area contributed by atoms with E-state index in [1.165, 1.54) is 44.9 Å². The Kier molecular flexibility index (Phi) is 9.51. The topological polar surface area (TPSA) is 42.0 Å². The summed E-state index contributed by atoms with van der Waals surface area (Å²) in [6, 6.07) is 3.82. The first-order valence-corrected chi connectivity index (χ1v) is 8.45. The molecule has 1 rings (SSSR count). The first kappa shape index (κ1) is 17.7. The fraction of sp³-hybridized carbons (Fsp3) is 0.667. The smallest absolute Gasteiger partial charge is 0.225 e. The third-order valence-electron chi connectivity index (χ3n) is 3.69. The predicted octanol–water partition coefficient (Wildman–Crippen LogP) is 5.25. The average molecular weight is 290 g/mol. The summed E-state index contributed by atoms with van der Waals surface area (Å²) in [5.41, 5.74) is 1.11. The van der Waals surface area contributed by atoms with E-state index in [9.17, 15) is 4.79 Å². The van der Waals surface area contributed by atoms with Crippen molar-refractivity contribution in [2.45, 2.75) is 78.1 Å². The Morgan fingerprint density at radius 3 is 2.29 bits per heavy atom. The van der Waals surface area contributed by atoms with Gasteiger partial charge < -0.3 is 5.32 Å². The van der Waals surface area contributed by atoms with Gasteiger partial charge in [0.1, 0.15) is 5.82 Å². The van der Waals surface area contributed by atoms with Gasteiger partial charge in [0.15, 0.2) is 0 Å². The van der Waals surface area contributed by atoms with Gasteiger partial charge in [-0.2, -0.15) is 0 Å². The first-order chi connectivity index (χ1) is 10.2. The Morgan fingerprint density at radius 1 is 1.05 bits per heavy atom. The molecule has 0 radical (unpaired) electrons. The van der Waals surface area contributed by atoms with Crippen LogP contribution < -0.4 is 5.32 Å². The number of rotatable bonds is 11. The van der Waals surface area contributed by atoms with Crippen LogP contribution in [0.4, 0.5) is 5.82 Å². The van der Waals surface area contributed by atoms with Gasteiger partial charge in [0.25, 0.3) is 0 Å². The summed E-state index contributed by atoms with van der Waals surface area (Å²) in [4.78, 5) is 15.9. The third-order valence-corrected chi connectivity index (χ3v) is 3.69. The lowest BCUT2D eigenvalue weighted by Gasteiger charge is -2.05. The van der Waals surface area contributed by atoms with Gasteiger partial charge in [-0.25, -0.2) is 4.98 Å². The van der Waals surface area contributed by atoms with Gasteiger partial charge in [-0.05, 0) is 31.0 Å². The fourth-order valence-corrected chi connectivity index (χ4v) is 2.41. The van der Waals surface area contributed by atoms with Crippen LogP contribution in [0.5, 0.6) is 0 Å². The molecule has 0 spiro atoms. The zero-order valence-corrected chi connectivity index (χ0v) is 13.7. The number of aryl methyl sites for hydroxylation is 1. The quantitative estimate of drug-likeness (QED) is 0.565. The second-order valence-electron chi connectivity index (χ2n) is 5.85. The summed E-state index contributed by atoms with van der Waals surface area (Å²) < 4.78 is 0. The standard InChI is InChI=1S/C18H30N2O/c1-3-4-5-6-7-8-9-10-11-12-18(21)20-17-15-16(2)13-14-19-17/h13-15H,3-12H2,1-2H3,(H,19,20,21). The highest BCUT2D eigenvalue weighted by Gasteiger charge is 2.03. The number of pyridine rings is 1. The zero-order chi connectivity index (χ0) is 15.3. The minimum Gasteiger partial charge on any atom is -0.311 e. The molecule has 0 aliphatic carbocycles. The van der Waals surface area contributed by atoms with Crippen LogP contribution in [0.2, 0.25) is 0 Å². The molecule has 1 amide bonds. The van der Waals surface area contributed by atoms with Gasteiger partial charge in [-0.15, -0.1) is 0 Å². The summed E-state index contributed by atoms with van der Waals surface area (Å²) in [5.74, 6) is 0.743. The third kappa shape index (κ3) is 9.22. The molecule has 0 unspecified atom stereocenters. The number of amides is 1. The van der Waals surface area contributed by atoms with E-state index in [0.717, 1.165) is 18.4 Å². The lowest BCUT2D eigenvalue weighted by Crippen LogP contribution is -2.12. The molecule has 0 atom stereocenters. The minimum absolute atomic E-state index is 0.0797. The van der Waals surface area contributed by atoms with Gasteiger partial charge in [-0.1, -0.05) is 58.3 Å². The van der Waals surface area contributed by atoms with Crippen molar-refractivity contribution < 1.29 is 4.79 Å². The molecule has 0 aliphatic heterocycles. The molecule has 3 nitrogen and oxygen atoms in total. The molecule has 1 aromatic heterocycles. The van der Waals surface area contributed by atoms with Crippen LogP contribution in [0.3, 0.4) is 0 Å². The molecule has 0 bridgehead atoms. The van der Waals surface area contributed by atoms with Gasteiger partial charge in [0.05, 0.1) is 0 Å². The summed E-state index contributed by atoms with van der Waals surface area (Å²) in [7, 11) is 0. The molecule has 0 aromatic carbocycles. The van der Waals surface area contributed by atoms with E-state index in [1.54, 1.807) is 6.20 Å². The average Bonchev–Trinajstić information content (AvgIpc) is 2.45. The second-order valence-corrected chi connectivity index (χ2v) is 5.85. The van der Waals surface area contributed by atoms with Gasteiger partial charge in [-0.3, -0.25) is 4.79 Å². The van der Waals surface area contributed by atoms with E-state index in [0.29, 0.717) is 12.2 Å². The lowest BCUT2D eigenvalue weighted by molar-refractivity contribution is -0.116. The van der Waals surface area contributed by atoms with Crippen molar-refractivity contribution >= 4 is 11.7 Å². The van der Waals surface area contributed by atoms with Crippen molar-refractivity contribution in [3.63, 3.8) is 0 Å². The number of aromatic nitrogens is 1. The highest BCUT2D eigenvalue weighted by Crippen LogP contribution is 2.11. The maximum absolute atomic E-state index is 11.8. The van der Waals surface area contributed by atoms with Gasteiger partial charge in [0, 0.05) is 12.6 Å². The van der Waals surface area contributed by atoms with Gasteiger partial charge >= 0.3 is 0 Å². The molecule has 0 saturated carbocycles. The van der Waals surface area contributed by atoms with E-state index in [1.807, 2.05) is 19.1 Å². The number of anilines is 1. The Balaban J connectivity index is 1.99. The predicted molar refractivity (Wildman–Crippen MR) is 89.4 cm³/mol. The Morgan fingerprint density at radius 2 is 1.67 bits per heavy atom. The van der Waals surface area contributed by atoms with E-state index >= 15 is 0 Å². The zero-order valence-electron chi connectivity index (χ0n) is 13.7. The van der Waals surface area contributed by atoms with Crippen molar-refractivity contribution in [1.29, 1.82) is 0 Å². The number of carbonyl (C=O) groups is 1. The molecule has 1 heterocycles. The Bertz CT molecular complexity index is 404. The molecular formula is C18H30N2O. The van der Waals surface area contributed by atoms with Crippen LogP contribution in [0.1, 0.15) is 76.7 Å². The number of carbonyl (C=O) groups excluding carboxylic acids is 1. The monoisotopic (exact) mass is 290 g/mol. The summed E-state index contributed by atoms with van der Waals surface area (Å²) in [5, 5.41) is 2.86. The van der Waals surface area contributed by atoms with Crippen molar-refractivity contribution in [2.24, 2.45) is 0 Å². The molecular weight excluding hydrogens is 260 g/mol. The van der Waals surface area contributed by atoms with Crippen molar-refractivity contribution in [1.82, 2.24) is 4.98 Å². The lowest BCUT2D eigenvalue weighted by atomic mass is 10.1. The van der Waals surface area contributed by atoms with Crippen molar-refractivity contribution in [2.75, 3.05) is 5.32 Å². The summed E-state index contributed by atoms with van der Waals surface area (Å²) in [6.45, 7) is 4.25. The molecule has 0 fully saturated rings. The summed E-state index contributed by atoms with van der Waals surface area (Å²) >= 11 is 0. The minimum atomic E-state index is 0.0797. The first-order valence-electron chi connectivity index (χ1n) is 8.45. The molecule has 21 heavy (non-hydrogen) atoms. The Labute approximate surface area is 129 Å². The van der Waals surface area contributed by atoms with E-state index in [4.69, 9.17) is 0 Å². The van der Waals surface area contributed by atoms with Crippen LogP contribution >= 0.6 is 0 Å². The molecule has 1 N–H and O–H groups in total. The maximum Gasteiger partial charge on any atom is 0.225 e. The van der Waals surface area contributed by atoms with Crippen LogP contribution in [-0.4, -0.2) is 10.9 Å². The van der Waals surface area contributed by atoms with Crippen LogP contribution in [0, 0.1) is 6.92 Å². The fourth-order valence-electron chi connectivity index (χ4n) is 2.41. The SMILES string of the molecule is CCCCCCCCCCCC(=O)Nc1cc(C)ccn1.